The summed E-state index contributed by atoms with van der Waals surface area (Å²) in [6.45, 7) is 4.67. The molecule has 0 bridgehead atoms. The predicted molar refractivity (Wildman–Crippen MR) is 69.0 cm³/mol. The van der Waals surface area contributed by atoms with Crippen LogP contribution < -0.4 is 10.5 Å². The molecule has 0 fully saturated rings. The highest BCUT2D eigenvalue weighted by Crippen LogP contribution is 2.26. The number of nitrogens with two attached hydrogens (primary N) is 1. The van der Waals surface area contributed by atoms with Gasteiger partial charge in [-0.05, 0) is 24.6 Å². The lowest BCUT2D eigenvalue weighted by Crippen LogP contribution is -2.01. The average molecular weight is 220 g/mol. The van der Waals surface area contributed by atoms with Crippen LogP contribution in [0.2, 0.25) is 0 Å². The van der Waals surface area contributed by atoms with Crippen LogP contribution in [0.3, 0.4) is 0 Å². The van der Waals surface area contributed by atoms with Crippen molar-refractivity contribution in [2.24, 2.45) is 5.73 Å². The molecule has 3 nitrogen and oxygen atoms in total. The van der Waals surface area contributed by atoms with Crippen LogP contribution in [0.5, 0.6) is 5.75 Å². The van der Waals surface area contributed by atoms with Gasteiger partial charge in [0.1, 0.15) is 5.75 Å². The van der Waals surface area contributed by atoms with Crippen LogP contribution in [-0.2, 0) is 6.42 Å². The van der Waals surface area contributed by atoms with E-state index in [9.17, 15) is 0 Å². The molecule has 1 aromatic carbocycles. The number of hydrogen-bond donors (Lipinski definition) is 2. The predicted octanol–water partition coefficient (Wildman–Crippen LogP) is 2.70. The van der Waals surface area contributed by atoms with Crippen LogP contribution in [0.15, 0.2) is 24.4 Å². The fourth-order valence-corrected chi connectivity index (χ4v) is 1.72. The highest BCUT2D eigenvalue weighted by atomic mass is 16.5. The van der Waals surface area contributed by atoms with Crippen LogP contribution in [0, 0.1) is 0 Å². The maximum Gasteiger partial charge on any atom is 0.142 e. The van der Waals surface area contributed by atoms with Crippen molar-refractivity contribution in [2.45, 2.75) is 20.3 Å². The second-order valence-corrected chi connectivity index (χ2v) is 3.24. The van der Waals surface area contributed by atoms with Gasteiger partial charge in [0.15, 0.2) is 0 Å². The lowest BCUT2D eigenvalue weighted by molar-refractivity contribution is 0.419. The molecule has 88 valence electrons. The minimum Gasteiger partial charge on any atom is -0.495 e. The summed E-state index contributed by atoms with van der Waals surface area (Å²) in [5, 5.41) is 1.20. The summed E-state index contributed by atoms with van der Waals surface area (Å²) in [6, 6.07) is 6.03. The Labute approximate surface area is 96.6 Å². The Bertz CT molecular complexity index is 434. The van der Waals surface area contributed by atoms with Crippen LogP contribution in [0.1, 0.15) is 19.4 Å². The lowest BCUT2D eigenvalue weighted by Gasteiger charge is -2.01. The standard InChI is InChI=1S/C11H14N2O.C2H6/c1-14-10-4-2-3-9-8(5-6-12)7-13-11(9)10;1-2/h2-4,7,13H,5-6,12H2,1H3;1-2H3. The number of aromatic amines is 1. The summed E-state index contributed by atoms with van der Waals surface area (Å²) in [5.41, 5.74) is 7.84. The van der Waals surface area contributed by atoms with Gasteiger partial charge in [-0.15, -0.1) is 0 Å². The Morgan fingerprint density at radius 1 is 1.31 bits per heavy atom. The molecule has 0 aliphatic carbocycles. The number of rotatable bonds is 3. The molecule has 2 rings (SSSR count). The van der Waals surface area contributed by atoms with Gasteiger partial charge < -0.3 is 15.5 Å². The number of fused-ring (bicyclic) bond motifs is 1. The summed E-state index contributed by atoms with van der Waals surface area (Å²) in [5.74, 6) is 0.880. The maximum absolute atomic E-state index is 5.54. The molecule has 1 aromatic heterocycles. The van der Waals surface area contributed by atoms with Gasteiger partial charge in [-0.3, -0.25) is 0 Å². The monoisotopic (exact) mass is 220 g/mol. The van der Waals surface area contributed by atoms with Gasteiger partial charge in [-0.1, -0.05) is 26.0 Å². The van der Waals surface area contributed by atoms with Gasteiger partial charge in [-0.25, -0.2) is 0 Å². The van der Waals surface area contributed by atoms with Gasteiger partial charge in [0.05, 0.1) is 12.6 Å². The second-order valence-electron chi connectivity index (χ2n) is 3.24. The second kappa shape index (κ2) is 6.18. The van der Waals surface area contributed by atoms with Crippen molar-refractivity contribution in [1.82, 2.24) is 4.98 Å². The zero-order valence-electron chi connectivity index (χ0n) is 10.2. The van der Waals surface area contributed by atoms with E-state index in [0.717, 1.165) is 17.7 Å². The van der Waals surface area contributed by atoms with Crippen molar-refractivity contribution >= 4 is 10.9 Å². The smallest absolute Gasteiger partial charge is 0.142 e. The average Bonchev–Trinajstić information content (AvgIpc) is 2.76. The Morgan fingerprint density at radius 2 is 2.06 bits per heavy atom. The minimum atomic E-state index is 0.671. The normalized spacial score (nSPS) is 9.75. The van der Waals surface area contributed by atoms with Crippen molar-refractivity contribution in [3.8, 4) is 5.75 Å². The van der Waals surface area contributed by atoms with Gasteiger partial charge in [0.2, 0.25) is 0 Å². The molecule has 0 atom stereocenters. The number of benzene rings is 1. The third kappa shape index (κ3) is 2.36. The van der Waals surface area contributed by atoms with E-state index >= 15 is 0 Å². The molecule has 3 heteroatoms. The topological polar surface area (TPSA) is 51.0 Å². The van der Waals surface area contributed by atoms with E-state index in [0.29, 0.717) is 6.54 Å². The first kappa shape index (κ1) is 12.6. The number of H-pyrrole nitrogens is 1. The highest BCUT2D eigenvalue weighted by molar-refractivity contribution is 5.88. The van der Waals surface area contributed by atoms with Crippen LogP contribution in [0.25, 0.3) is 10.9 Å². The summed E-state index contributed by atoms with van der Waals surface area (Å²) in [6.07, 6.45) is 2.90. The first-order valence-electron chi connectivity index (χ1n) is 5.70. The Kier molecular flexibility index (Phi) is 4.86. The van der Waals surface area contributed by atoms with Gasteiger partial charge >= 0.3 is 0 Å². The number of nitrogens with one attached hydrogen (secondary N) is 1. The molecule has 0 aliphatic heterocycles. The first-order valence-corrected chi connectivity index (χ1v) is 5.70. The zero-order chi connectivity index (χ0) is 12.0. The van der Waals surface area contributed by atoms with Gasteiger partial charge in [0, 0.05) is 11.6 Å². The third-order valence-electron chi connectivity index (χ3n) is 2.40. The molecule has 0 saturated heterocycles. The Hall–Kier alpha value is -1.48. The van der Waals surface area contributed by atoms with Crippen LogP contribution in [-0.4, -0.2) is 18.6 Å². The van der Waals surface area contributed by atoms with Gasteiger partial charge in [-0.2, -0.15) is 0 Å². The first-order chi connectivity index (χ1) is 7.86. The van der Waals surface area contributed by atoms with E-state index in [2.05, 4.69) is 11.1 Å². The maximum atomic E-state index is 5.54. The number of para-hydroxylation sites is 1. The fraction of sp³-hybridized carbons (Fsp3) is 0.385. The molecule has 0 spiro atoms. The number of ether oxygens (including phenoxy) is 1. The lowest BCUT2D eigenvalue weighted by atomic mass is 10.1. The van der Waals surface area contributed by atoms with Crippen molar-refractivity contribution in [1.29, 1.82) is 0 Å². The van der Waals surface area contributed by atoms with Crippen molar-refractivity contribution < 1.29 is 4.74 Å². The summed E-state index contributed by atoms with van der Waals surface area (Å²) in [7, 11) is 1.68. The zero-order valence-corrected chi connectivity index (χ0v) is 10.2. The van der Waals surface area contributed by atoms with Crippen molar-refractivity contribution in [3.63, 3.8) is 0 Å². The van der Waals surface area contributed by atoms with E-state index in [-0.39, 0.29) is 0 Å². The van der Waals surface area contributed by atoms with Crippen LogP contribution >= 0.6 is 0 Å². The third-order valence-corrected chi connectivity index (χ3v) is 2.40. The highest BCUT2D eigenvalue weighted by Gasteiger charge is 2.06. The van der Waals surface area contributed by atoms with E-state index in [1.165, 1.54) is 10.9 Å². The summed E-state index contributed by atoms with van der Waals surface area (Å²) in [4.78, 5) is 3.21. The molecule has 0 saturated carbocycles. The molecule has 0 radical (unpaired) electrons. The molecular weight excluding hydrogens is 200 g/mol. The quantitative estimate of drug-likeness (QED) is 0.835. The Balaban J connectivity index is 0.000000606. The molecular formula is C13H20N2O. The van der Waals surface area contributed by atoms with Crippen LogP contribution in [0.4, 0.5) is 0 Å². The number of aromatic nitrogens is 1. The molecule has 2 aromatic rings. The summed E-state index contributed by atoms with van der Waals surface area (Å²) < 4.78 is 5.26. The summed E-state index contributed by atoms with van der Waals surface area (Å²) >= 11 is 0. The number of methoxy groups -OCH3 is 1. The minimum absolute atomic E-state index is 0.671. The molecule has 1 heterocycles. The SMILES string of the molecule is CC.COc1cccc2c(CCN)c[nH]c12. The Morgan fingerprint density at radius 3 is 2.69 bits per heavy atom. The van der Waals surface area contributed by atoms with E-state index in [1.54, 1.807) is 7.11 Å². The fourth-order valence-electron chi connectivity index (χ4n) is 1.72. The van der Waals surface area contributed by atoms with E-state index in [4.69, 9.17) is 10.5 Å². The molecule has 0 aliphatic rings. The van der Waals surface area contributed by atoms with E-state index < -0.39 is 0 Å². The number of hydrogen-bond acceptors (Lipinski definition) is 2. The van der Waals surface area contributed by atoms with Crippen molar-refractivity contribution in [3.05, 3.63) is 30.0 Å². The molecule has 3 N–H and O–H groups in total. The van der Waals surface area contributed by atoms with Crippen molar-refractivity contribution in [2.75, 3.05) is 13.7 Å². The van der Waals surface area contributed by atoms with Gasteiger partial charge in [0.25, 0.3) is 0 Å². The molecule has 16 heavy (non-hydrogen) atoms. The largest absolute Gasteiger partial charge is 0.495 e. The molecule has 0 unspecified atom stereocenters. The molecule has 0 amide bonds. The van der Waals surface area contributed by atoms with E-state index in [1.807, 2.05) is 32.2 Å².